The minimum absolute atomic E-state index is 0.0375. The molecule has 5 heteroatoms. The van der Waals surface area contributed by atoms with Gasteiger partial charge in [-0.1, -0.05) is 18.6 Å². The van der Waals surface area contributed by atoms with E-state index in [1.54, 1.807) is 6.07 Å². The maximum absolute atomic E-state index is 12.4. The Balaban J connectivity index is 1.68. The molecule has 3 rings (SSSR count). The minimum Gasteiger partial charge on any atom is -0.482 e. The average Bonchev–Trinajstić information content (AvgIpc) is 2.93. The van der Waals surface area contributed by atoms with E-state index < -0.39 is 6.10 Å². The zero-order chi connectivity index (χ0) is 14.8. The molecule has 114 valence electrons. The second-order valence-corrected chi connectivity index (χ2v) is 5.80. The first kappa shape index (κ1) is 14.2. The molecule has 5 nitrogen and oxygen atoms in total. The minimum atomic E-state index is -0.653. The number of fused-ring (bicyclic) bond motifs is 1. The lowest BCUT2D eigenvalue weighted by Crippen LogP contribution is -2.52. The third kappa shape index (κ3) is 2.83. The second kappa shape index (κ2) is 5.93. The number of para-hydroxylation sites is 2. The van der Waals surface area contributed by atoms with Gasteiger partial charge in [0.1, 0.15) is 6.10 Å². The molecular weight excluding hydrogens is 270 g/mol. The Morgan fingerprint density at radius 3 is 2.71 bits per heavy atom. The molecule has 1 heterocycles. The maximum atomic E-state index is 12.4. The number of hydrogen-bond donors (Lipinski definition) is 2. The predicted octanol–water partition coefficient (Wildman–Crippen LogP) is 1.49. The number of aliphatic hydroxyl groups is 1. The van der Waals surface area contributed by atoms with Crippen molar-refractivity contribution in [1.29, 1.82) is 0 Å². The molecule has 0 bridgehead atoms. The lowest BCUT2D eigenvalue weighted by atomic mass is 10.0. The lowest BCUT2D eigenvalue weighted by molar-refractivity contribution is -0.134. The number of carbonyl (C=O) groups excluding carboxylic acids is 1. The fraction of sp³-hybridized carbons (Fsp3) is 0.562. The summed E-state index contributed by atoms with van der Waals surface area (Å²) in [6.07, 6.45) is 1.92. The van der Waals surface area contributed by atoms with Crippen molar-refractivity contribution in [3.63, 3.8) is 0 Å². The van der Waals surface area contributed by atoms with Crippen LogP contribution in [0, 0.1) is 5.92 Å². The Morgan fingerprint density at radius 1 is 1.29 bits per heavy atom. The molecule has 0 radical (unpaired) electrons. The van der Waals surface area contributed by atoms with E-state index in [9.17, 15) is 9.90 Å². The fourth-order valence-corrected chi connectivity index (χ4v) is 3.12. The summed E-state index contributed by atoms with van der Waals surface area (Å²) in [5, 5.41) is 12.3. The summed E-state index contributed by atoms with van der Waals surface area (Å²) in [7, 11) is 0. The summed E-state index contributed by atoms with van der Waals surface area (Å²) in [6.45, 7) is 1.95. The summed E-state index contributed by atoms with van der Waals surface area (Å²) >= 11 is 0. The smallest absolute Gasteiger partial charge is 0.265 e. The van der Waals surface area contributed by atoms with Crippen molar-refractivity contribution in [2.45, 2.75) is 44.4 Å². The molecular formula is C16H21NO4. The zero-order valence-electron chi connectivity index (χ0n) is 12.1. The van der Waals surface area contributed by atoms with Crippen molar-refractivity contribution >= 4 is 5.91 Å². The highest BCUT2D eigenvalue weighted by Gasteiger charge is 2.37. The maximum Gasteiger partial charge on any atom is 0.265 e. The molecule has 1 amide bonds. The van der Waals surface area contributed by atoms with E-state index in [1.165, 1.54) is 0 Å². The Labute approximate surface area is 124 Å². The predicted molar refractivity (Wildman–Crippen MR) is 77.3 cm³/mol. The van der Waals surface area contributed by atoms with E-state index in [2.05, 4.69) is 5.32 Å². The quantitative estimate of drug-likeness (QED) is 0.885. The van der Waals surface area contributed by atoms with Crippen molar-refractivity contribution in [1.82, 2.24) is 5.32 Å². The molecule has 1 aromatic carbocycles. The van der Waals surface area contributed by atoms with Crippen LogP contribution in [0.2, 0.25) is 0 Å². The molecule has 2 aliphatic rings. The summed E-state index contributed by atoms with van der Waals surface area (Å²) in [5.41, 5.74) is 0. The SMILES string of the molecule is CC1Oc2ccccc2OC1C(=O)NC1CCCC1CO. The average molecular weight is 291 g/mol. The normalized spacial score (nSPS) is 31.0. The topological polar surface area (TPSA) is 67.8 Å². The number of rotatable bonds is 3. The first-order valence-electron chi connectivity index (χ1n) is 7.52. The molecule has 1 saturated carbocycles. The van der Waals surface area contributed by atoms with E-state index in [0.717, 1.165) is 19.3 Å². The Kier molecular flexibility index (Phi) is 4.01. The van der Waals surface area contributed by atoms with Gasteiger partial charge in [0, 0.05) is 18.6 Å². The van der Waals surface area contributed by atoms with Gasteiger partial charge in [-0.15, -0.1) is 0 Å². The van der Waals surface area contributed by atoms with Crippen LogP contribution in [-0.2, 0) is 4.79 Å². The third-order valence-electron chi connectivity index (χ3n) is 4.32. The lowest BCUT2D eigenvalue weighted by Gasteiger charge is -2.32. The van der Waals surface area contributed by atoms with Gasteiger partial charge in [0.05, 0.1) is 0 Å². The first-order chi connectivity index (χ1) is 10.2. The molecule has 4 atom stereocenters. The van der Waals surface area contributed by atoms with Crippen molar-refractivity contribution < 1.29 is 19.4 Å². The van der Waals surface area contributed by atoms with Crippen LogP contribution in [0.1, 0.15) is 26.2 Å². The molecule has 2 N–H and O–H groups in total. The standard InChI is InChI=1S/C16H21NO4/c1-10-15(21-14-8-3-2-7-13(14)20-10)16(19)17-12-6-4-5-11(12)9-18/h2-3,7-8,10-12,15,18H,4-6,9H2,1H3,(H,17,19). The van der Waals surface area contributed by atoms with Gasteiger partial charge in [-0.2, -0.15) is 0 Å². The molecule has 0 saturated heterocycles. The molecule has 21 heavy (non-hydrogen) atoms. The van der Waals surface area contributed by atoms with Crippen LogP contribution in [0.5, 0.6) is 11.5 Å². The summed E-state index contributed by atoms with van der Waals surface area (Å²) in [5.74, 6) is 1.26. The number of hydrogen-bond acceptors (Lipinski definition) is 4. The number of amides is 1. The van der Waals surface area contributed by atoms with Crippen LogP contribution in [-0.4, -0.2) is 35.9 Å². The number of carbonyl (C=O) groups is 1. The highest BCUT2D eigenvalue weighted by Crippen LogP contribution is 2.33. The Morgan fingerprint density at radius 2 is 2.00 bits per heavy atom. The van der Waals surface area contributed by atoms with Gasteiger partial charge in [-0.25, -0.2) is 0 Å². The van der Waals surface area contributed by atoms with Crippen LogP contribution in [0.15, 0.2) is 24.3 Å². The van der Waals surface area contributed by atoms with Crippen molar-refractivity contribution in [3.8, 4) is 11.5 Å². The van der Waals surface area contributed by atoms with E-state index in [1.807, 2.05) is 25.1 Å². The fourth-order valence-electron chi connectivity index (χ4n) is 3.12. The van der Waals surface area contributed by atoms with Gasteiger partial charge in [-0.3, -0.25) is 4.79 Å². The van der Waals surface area contributed by atoms with Gasteiger partial charge in [0.25, 0.3) is 5.91 Å². The van der Waals surface area contributed by atoms with Gasteiger partial charge >= 0.3 is 0 Å². The van der Waals surface area contributed by atoms with Crippen molar-refractivity contribution in [2.24, 2.45) is 5.92 Å². The van der Waals surface area contributed by atoms with Crippen LogP contribution < -0.4 is 14.8 Å². The molecule has 1 aromatic rings. The first-order valence-corrected chi connectivity index (χ1v) is 7.52. The third-order valence-corrected chi connectivity index (χ3v) is 4.32. The molecule has 0 spiro atoms. The number of ether oxygens (including phenoxy) is 2. The largest absolute Gasteiger partial charge is 0.482 e. The van der Waals surface area contributed by atoms with Gasteiger partial charge in [-0.05, 0) is 31.9 Å². The van der Waals surface area contributed by atoms with Crippen LogP contribution in [0.25, 0.3) is 0 Å². The van der Waals surface area contributed by atoms with E-state index >= 15 is 0 Å². The summed E-state index contributed by atoms with van der Waals surface area (Å²) in [4.78, 5) is 12.4. The van der Waals surface area contributed by atoms with Crippen LogP contribution in [0.3, 0.4) is 0 Å². The monoisotopic (exact) mass is 291 g/mol. The van der Waals surface area contributed by atoms with Crippen molar-refractivity contribution in [2.75, 3.05) is 6.61 Å². The van der Waals surface area contributed by atoms with Crippen LogP contribution in [0.4, 0.5) is 0 Å². The highest BCUT2D eigenvalue weighted by molar-refractivity contribution is 5.82. The van der Waals surface area contributed by atoms with Crippen LogP contribution >= 0.6 is 0 Å². The van der Waals surface area contributed by atoms with Gasteiger partial charge in [0.2, 0.25) is 6.10 Å². The number of nitrogens with one attached hydrogen (secondary N) is 1. The second-order valence-electron chi connectivity index (χ2n) is 5.80. The Hall–Kier alpha value is -1.75. The zero-order valence-corrected chi connectivity index (χ0v) is 12.1. The van der Waals surface area contributed by atoms with E-state index in [4.69, 9.17) is 9.47 Å². The van der Waals surface area contributed by atoms with E-state index in [-0.39, 0.29) is 30.6 Å². The molecule has 0 aromatic heterocycles. The highest BCUT2D eigenvalue weighted by atomic mass is 16.6. The molecule has 1 aliphatic heterocycles. The summed E-state index contributed by atoms with van der Waals surface area (Å²) < 4.78 is 11.5. The number of benzene rings is 1. The van der Waals surface area contributed by atoms with Crippen molar-refractivity contribution in [3.05, 3.63) is 24.3 Å². The number of aliphatic hydroxyl groups excluding tert-OH is 1. The molecule has 1 fully saturated rings. The van der Waals surface area contributed by atoms with Gasteiger partial charge < -0.3 is 19.9 Å². The Bertz CT molecular complexity index is 519. The summed E-state index contributed by atoms with van der Waals surface area (Å²) in [6, 6.07) is 7.40. The molecule has 1 aliphatic carbocycles. The van der Waals surface area contributed by atoms with E-state index in [0.29, 0.717) is 11.5 Å². The molecule has 4 unspecified atom stereocenters. The van der Waals surface area contributed by atoms with Gasteiger partial charge in [0.15, 0.2) is 11.5 Å².